The lowest BCUT2D eigenvalue weighted by Crippen LogP contribution is -2.46. The molecule has 0 amide bonds. The molecule has 1 heterocycles. The lowest BCUT2D eigenvalue weighted by atomic mass is 10.2. The van der Waals surface area contributed by atoms with Gasteiger partial charge in [0, 0.05) is 26.2 Å². The van der Waals surface area contributed by atoms with Crippen molar-refractivity contribution in [1.82, 2.24) is 10.0 Å². The number of hydrogen-bond donors (Lipinski definition) is 2. The third kappa shape index (κ3) is 3.94. The maximum absolute atomic E-state index is 12.3. The smallest absolute Gasteiger partial charge is 0.242 e. The van der Waals surface area contributed by atoms with Crippen LogP contribution in [-0.2, 0) is 14.8 Å². The van der Waals surface area contributed by atoms with Crippen LogP contribution >= 0.6 is 0 Å². The first-order valence-electron chi connectivity index (χ1n) is 7.18. The lowest BCUT2D eigenvalue weighted by molar-refractivity contribution is 0.0420. The van der Waals surface area contributed by atoms with E-state index >= 15 is 0 Å². The molecule has 6 nitrogen and oxygen atoms in total. The summed E-state index contributed by atoms with van der Waals surface area (Å²) in [5, 5.41) is 3.09. The third-order valence-corrected chi connectivity index (χ3v) is 4.99. The Morgan fingerprint density at radius 1 is 1.38 bits per heavy atom. The molecule has 0 radical (unpaired) electrons. The molecule has 2 rings (SSSR count). The van der Waals surface area contributed by atoms with Gasteiger partial charge in [-0.2, -0.15) is 0 Å². The number of anilines is 1. The summed E-state index contributed by atoms with van der Waals surface area (Å²) in [6, 6.07) is 7.12. The average Bonchev–Trinajstić information content (AvgIpc) is 2.48. The Balaban J connectivity index is 2.27. The zero-order valence-electron chi connectivity index (χ0n) is 12.5. The first kappa shape index (κ1) is 16.2. The molecule has 2 N–H and O–H groups in total. The van der Waals surface area contributed by atoms with Crippen molar-refractivity contribution in [2.45, 2.75) is 17.9 Å². The van der Waals surface area contributed by atoms with Gasteiger partial charge in [-0.15, -0.1) is 0 Å². The Kier molecular flexibility index (Phi) is 5.58. The van der Waals surface area contributed by atoms with E-state index in [0.29, 0.717) is 31.1 Å². The number of sulfonamides is 1. The molecule has 1 aliphatic rings. The SMILES string of the molecule is CCNS(=O)(=O)c1ccccc1N1CCOC(CNC)C1. The molecule has 0 spiro atoms. The zero-order valence-corrected chi connectivity index (χ0v) is 13.3. The fraction of sp³-hybridized carbons (Fsp3) is 0.571. The Hall–Kier alpha value is -1.15. The molecule has 0 saturated carbocycles. The van der Waals surface area contributed by atoms with Gasteiger partial charge in [0.05, 0.1) is 18.4 Å². The summed E-state index contributed by atoms with van der Waals surface area (Å²) in [6.45, 7) is 4.87. The minimum absolute atomic E-state index is 0.0682. The summed E-state index contributed by atoms with van der Waals surface area (Å²) >= 11 is 0. The summed E-state index contributed by atoms with van der Waals surface area (Å²) in [5.41, 5.74) is 0.739. The second-order valence-corrected chi connectivity index (χ2v) is 6.70. The molecule has 1 saturated heterocycles. The van der Waals surface area contributed by atoms with Gasteiger partial charge < -0.3 is 15.0 Å². The molecular weight excluding hydrogens is 290 g/mol. The van der Waals surface area contributed by atoms with E-state index in [1.165, 1.54) is 0 Å². The topological polar surface area (TPSA) is 70.7 Å². The van der Waals surface area contributed by atoms with E-state index < -0.39 is 10.0 Å². The summed E-state index contributed by atoms with van der Waals surface area (Å²) in [6.07, 6.45) is 0.0682. The van der Waals surface area contributed by atoms with Crippen molar-refractivity contribution >= 4 is 15.7 Å². The van der Waals surface area contributed by atoms with Gasteiger partial charge in [0.1, 0.15) is 4.90 Å². The number of para-hydroxylation sites is 1. The van der Waals surface area contributed by atoms with Crippen LogP contribution in [0, 0.1) is 0 Å². The number of hydrogen-bond acceptors (Lipinski definition) is 5. The average molecular weight is 313 g/mol. The highest BCUT2D eigenvalue weighted by molar-refractivity contribution is 7.89. The molecule has 1 aromatic carbocycles. The Morgan fingerprint density at radius 3 is 2.86 bits per heavy atom. The highest BCUT2D eigenvalue weighted by Crippen LogP contribution is 2.26. The summed E-state index contributed by atoms with van der Waals surface area (Å²) < 4.78 is 32.9. The largest absolute Gasteiger partial charge is 0.373 e. The van der Waals surface area contributed by atoms with Gasteiger partial charge >= 0.3 is 0 Å². The molecule has 1 unspecified atom stereocenters. The minimum atomic E-state index is -3.47. The van der Waals surface area contributed by atoms with Gasteiger partial charge in [0.15, 0.2) is 0 Å². The van der Waals surface area contributed by atoms with Gasteiger partial charge in [-0.25, -0.2) is 13.1 Å². The molecule has 21 heavy (non-hydrogen) atoms. The number of morpholine rings is 1. The van der Waals surface area contributed by atoms with Crippen LogP contribution in [0.5, 0.6) is 0 Å². The van der Waals surface area contributed by atoms with Crippen molar-refractivity contribution in [2.24, 2.45) is 0 Å². The Labute approximate surface area is 126 Å². The molecule has 1 atom stereocenters. The van der Waals surface area contributed by atoms with E-state index in [-0.39, 0.29) is 6.10 Å². The predicted molar refractivity (Wildman–Crippen MR) is 83.2 cm³/mol. The van der Waals surface area contributed by atoms with Crippen LogP contribution in [0.1, 0.15) is 6.92 Å². The first-order valence-corrected chi connectivity index (χ1v) is 8.66. The van der Waals surface area contributed by atoms with Crippen molar-refractivity contribution in [2.75, 3.05) is 44.7 Å². The number of benzene rings is 1. The number of ether oxygens (including phenoxy) is 1. The van der Waals surface area contributed by atoms with E-state index in [2.05, 4.69) is 14.9 Å². The number of nitrogens with one attached hydrogen (secondary N) is 2. The standard InChI is InChI=1S/C14H23N3O3S/c1-3-16-21(18,19)14-7-5-4-6-13(14)17-8-9-20-12(11-17)10-15-2/h4-7,12,15-16H,3,8-11H2,1-2H3. The van der Waals surface area contributed by atoms with E-state index in [4.69, 9.17) is 4.74 Å². The van der Waals surface area contributed by atoms with E-state index in [9.17, 15) is 8.42 Å². The van der Waals surface area contributed by atoms with Gasteiger partial charge in [0.25, 0.3) is 0 Å². The molecule has 118 valence electrons. The fourth-order valence-electron chi connectivity index (χ4n) is 2.50. The van der Waals surface area contributed by atoms with E-state index in [1.54, 1.807) is 19.1 Å². The van der Waals surface area contributed by atoms with E-state index in [1.807, 2.05) is 19.2 Å². The molecule has 7 heteroatoms. The van der Waals surface area contributed by atoms with Crippen molar-refractivity contribution in [3.05, 3.63) is 24.3 Å². The third-order valence-electron chi connectivity index (χ3n) is 3.40. The monoisotopic (exact) mass is 313 g/mol. The zero-order chi connectivity index (χ0) is 15.3. The number of rotatable bonds is 6. The van der Waals surface area contributed by atoms with Crippen LogP contribution in [-0.4, -0.2) is 54.4 Å². The summed E-state index contributed by atoms with van der Waals surface area (Å²) in [7, 11) is -1.59. The van der Waals surface area contributed by atoms with Crippen molar-refractivity contribution < 1.29 is 13.2 Å². The van der Waals surface area contributed by atoms with Gasteiger partial charge in [0.2, 0.25) is 10.0 Å². The van der Waals surface area contributed by atoms with Gasteiger partial charge in [-0.05, 0) is 19.2 Å². The Morgan fingerprint density at radius 2 is 2.14 bits per heavy atom. The normalized spacial score (nSPS) is 19.7. The molecular formula is C14H23N3O3S. The highest BCUT2D eigenvalue weighted by Gasteiger charge is 2.25. The maximum Gasteiger partial charge on any atom is 0.242 e. The van der Waals surface area contributed by atoms with Crippen molar-refractivity contribution in [3.63, 3.8) is 0 Å². The molecule has 0 aliphatic carbocycles. The molecule has 1 aliphatic heterocycles. The number of likely N-dealkylation sites (N-methyl/N-ethyl adjacent to an activating group) is 1. The highest BCUT2D eigenvalue weighted by atomic mass is 32.2. The molecule has 1 fully saturated rings. The van der Waals surface area contributed by atoms with Crippen LogP contribution in [0.2, 0.25) is 0 Å². The molecule has 0 bridgehead atoms. The van der Waals surface area contributed by atoms with Crippen LogP contribution in [0.15, 0.2) is 29.2 Å². The minimum Gasteiger partial charge on any atom is -0.373 e. The first-order chi connectivity index (χ1) is 10.1. The second kappa shape index (κ2) is 7.22. The van der Waals surface area contributed by atoms with Crippen LogP contribution < -0.4 is 14.9 Å². The van der Waals surface area contributed by atoms with Gasteiger partial charge in [-0.3, -0.25) is 0 Å². The predicted octanol–water partition coefficient (Wildman–Crippen LogP) is 0.409. The van der Waals surface area contributed by atoms with E-state index in [0.717, 1.165) is 12.2 Å². The van der Waals surface area contributed by atoms with Crippen LogP contribution in [0.25, 0.3) is 0 Å². The molecule has 0 aromatic heterocycles. The summed E-state index contributed by atoms with van der Waals surface area (Å²) in [4.78, 5) is 2.41. The van der Waals surface area contributed by atoms with Crippen LogP contribution in [0.4, 0.5) is 5.69 Å². The summed E-state index contributed by atoms with van der Waals surface area (Å²) in [5.74, 6) is 0. The quantitative estimate of drug-likeness (QED) is 0.796. The molecule has 1 aromatic rings. The Bertz CT molecular complexity index is 560. The maximum atomic E-state index is 12.3. The fourth-order valence-corrected chi connectivity index (χ4v) is 3.77. The lowest BCUT2D eigenvalue weighted by Gasteiger charge is -2.35. The van der Waals surface area contributed by atoms with Crippen LogP contribution in [0.3, 0.4) is 0 Å². The van der Waals surface area contributed by atoms with Gasteiger partial charge in [-0.1, -0.05) is 19.1 Å². The number of nitrogens with zero attached hydrogens (tertiary/aromatic N) is 1. The van der Waals surface area contributed by atoms with Crippen molar-refractivity contribution in [3.8, 4) is 0 Å². The van der Waals surface area contributed by atoms with Crippen molar-refractivity contribution in [1.29, 1.82) is 0 Å². The second-order valence-electron chi connectivity index (χ2n) is 4.97.